The van der Waals surface area contributed by atoms with Crippen LogP contribution in [0.5, 0.6) is 11.5 Å². The molecule has 4 rings (SSSR count). The van der Waals surface area contributed by atoms with Gasteiger partial charge in [0.2, 0.25) is 0 Å². The lowest BCUT2D eigenvalue weighted by molar-refractivity contribution is -0.385. The van der Waals surface area contributed by atoms with E-state index in [2.05, 4.69) is 15.5 Å². The number of hydrogen-bond acceptors (Lipinski definition) is 8. The summed E-state index contributed by atoms with van der Waals surface area (Å²) >= 11 is 5.24. The number of nitrogens with zero attached hydrogens (tertiary/aromatic N) is 3. The van der Waals surface area contributed by atoms with Gasteiger partial charge in [-0.25, -0.2) is 0 Å². The molecule has 0 atom stereocenters. The van der Waals surface area contributed by atoms with E-state index in [9.17, 15) is 19.7 Å². The van der Waals surface area contributed by atoms with Crippen LogP contribution in [0.3, 0.4) is 0 Å². The van der Waals surface area contributed by atoms with Crippen LogP contribution in [-0.4, -0.2) is 67.1 Å². The highest BCUT2D eigenvalue weighted by Gasteiger charge is 2.23. The lowest BCUT2D eigenvalue weighted by atomic mass is 10.1. The predicted molar refractivity (Wildman–Crippen MR) is 151 cm³/mol. The molecule has 0 aromatic heterocycles. The fraction of sp³-hybridized carbons (Fsp3) is 0.222. The molecule has 1 aliphatic heterocycles. The van der Waals surface area contributed by atoms with Gasteiger partial charge in [0.15, 0.2) is 10.9 Å². The molecule has 1 heterocycles. The van der Waals surface area contributed by atoms with Crippen molar-refractivity contribution >= 4 is 46.2 Å². The van der Waals surface area contributed by atoms with Crippen molar-refractivity contribution in [1.29, 1.82) is 0 Å². The van der Waals surface area contributed by atoms with Crippen molar-refractivity contribution in [2.75, 3.05) is 50.6 Å². The highest BCUT2D eigenvalue weighted by atomic mass is 32.1. The average Bonchev–Trinajstić information content (AvgIpc) is 2.96. The molecule has 39 heavy (non-hydrogen) atoms. The number of anilines is 2. The summed E-state index contributed by atoms with van der Waals surface area (Å²) in [6.45, 7) is 2.59. The summed E-state index contributed by atoms with van der Waals surface area (Å²) in [7, 11) is 2.91. The number of nitrogens with one attached hydrogen (secondary N) is 2. The Labute approximate surface area is 230 Å². The van der Waals surface area contributed by atoms with E-state index in [4.69, 9.17) is 21.7 Å². The fourth-order valence-corrected chi connectivity index (χ4v) is 4.36. The molecular weight excluding hydrogens is 522 g/mol. The van der Waals surface area contributed by atoms with Crippen LogP contribution < -0.4 is 25.0 Å². The molecule has 0 bridgehead atoms. The van der Waals surface area contributed by atoms with Gasteiger partial charge in [-0.15, -0.1) is 0 Å². The summed E-state index contributed by atoms with van der Waals surface area (Å²) in [6.07, 6.45) is 0. The van der Waals surface area contributed by atoms with Crippen molar-refractivity contribution < 1.29 is 24.0 Å². The van der Waals surface area contributed by atoms with Gasteiger partial charge in [0, 0.05) is 54.7 Å². The SMILES string of the molecule is COc1ccc(C(=O)N2CCN(c3ccc(NC(=S)NC(=O)c4ccc(OC)c([N+](=O)[O-])c4)cc3)CC2)cc1. The van der Waals surface area contributed by atoms with Crippen LogP contribution in [0, 0.1) is 10.1 Å². The molecule has 202 valence electrons. The lowest BCUT2D eigenvalue weighted by Crippen LogP contribution is -2.48. The Morgan fingerprint density at radius 2 is 1.54 bits per heavy atom. The maximum atomic E-state index is 12.8. The Balaban J connectivity index is 1.29. The second kappa shape index (κ2) is 12.2. The first kappa shape index (κ1) is 27.3. The molecule has 2 N–H and O–H groups in total. The minimum Gasteiger partial charge on any atom is -0.497 e. The summed E-state index contributed by atoms with van der Waals surface area (Å²) in [5.74, 6) is 0.178. The average molecular weight is 550 g/mol. The van der Waals surface area contributed by atoms with Crippen LogP contribution in [0.25, 0.3) is 0 Å². The Kier molecular flexibility index (Phi) is 8.56. The number of amides is 2. The zero-order chi connectivity index (χ0) is 27.9. The van der Waals surface area contributed by atoms with E-state index >= 15 is 0 Å². The second-order valence-corrected chi connectivity index (χ2v) is 9.01. The van der Waals surface area contributed by atoms with Crippen LogP contribution in [-0.2, 0) is 0 Å². The topological polar surface area (TPSA) is 126 Å². The van der Waals surface area contributed by atoms with Gasteiger partial charge in [0.05, 0.1) is 19.1 Å². The normalized spacial score (nSPS) is 12.9. The number of thiocarbonyl (C=S) groups is 1. The number of piperazine rings is 1. The third-order valence-corrected chi connectivity index (χ3v) is 6.46. The number of hydrogen-bond donors (Lipinski definition) is 2. The quantitative estimate of drug-likeness (QED) is 0.258. The largest absolute Gasteiger partial charge is 0.497 e. The van der Waals surface area contributed by atoms with E-state index in [1.54, 1.807) is 31.4 Å². The first-order valence-electron chi connectivity index (χ1n) is 12.0. The molecular formula is C27H27N5O6S. The van der Waals surface area contributed by atoms with Gasteiger partial charge in [-0.05, 0) is 72.9 Å². The number of nitro benzene ring substituents is 1. The molecule has 12 heteroatoms. The zero-order valence-electron chi connectivity index (χ0n) is 21.4. The smallest absolute Gasteiger partial charge is 0.311 e. The van der Waals surface area contributed by atoms with Crippen LogP contribution in [0.4, 0.5) is 17.1 Å². The Morgan fingerprint density at radius 3 is 2.13 bits per heavy atom. The van der Waals surface area contributed by atoms with Gasteiger partial charge in [0.25, 0.3) is 11.8 Å². The predicted octanol–water partition coefficient (Wildman–Crippen LogP) is 3.70. The minimum atomic E-state index is -0.619. The second-order valence-electron chi connectivity index (χ2n) is 8.61. The molecule has 2 amide bonds. The van der Waals surface area contributed by atoms with Crippen molar-refractivity contribution in [2.24, 2.45) is 0 Å². The maximum absolute atomic E-state index is 12.8. The van der Waals surface area contributed by atoms with Crippen molar-refractivity contribution in [3.05, 3.63) is 88.0 Å². The van der Waals surface area contributed by atoms with Crippen molar-refractivity contribution in [1.82, 2.24) is 10.2 Å². The Morgan fingerprint density at radius 1 is 0.897 bits per heavy atom. The van der Waals surface area contributed by atoms with Crippen molar-refractivity contribution in [3.63, 3.8) is 0 Å². The molecule has 1 saturated heterocycles. The number of carbonyl (C=O) groups is 2. The van der Waals surface area contributed by atoms with E-state index in [0.717, 1.165) is 11.8 Å². The first-order chi connectivity index (χ1) is 18.8. The maximum Gasteiger partial charge on any atom is 0.311 e. The summed E-state index contributed by atoms with van der Waals surface area (Å²) in [5, 5.41) is 16.7. The number of rotatable bonds is 7. The zero-order valence-corrected chi connectivity index (χ0v) is 22.2. The summed E-state index contributed by atoms with van der Waals surface area (Å²) in [5.41, 5.74) is 2.06. The number of carbonyl (C=O) groups excluding carboxylic acids is 2. The standard InChI is InChI=1S/C27H27N5O6S/c1-37-22-10-3-18(4-11-22)26(34)31-15-13-30(14-16-31)21-8-6-20(7-9-21)28-27(39)29-25(33)19-5-12-24(38-2)23(17-19)32(35)36/h3-12,17H,13-16H2,1-2H3,(H2,28,29,33,39). The van der Waals surface area contributed by atoms with E-state index in [-0.39, 0.29) is 28.0 Å². The number of methoxy groups -OCH3 is 2. The Hall–Kier alpha value is -4.71. The molecule has 0 radical (unpaired) electrons. The van der Waals surface area contributed by atoms with E-state index in [1.807, 2.05) is 29.2 Å². The van der Waals surface area contributed by atoms with E-state index in [0.29, 0.717) is 43.2 Å². The lowest BCUT2D eigenvalue weighted by Gasteiger charge is -2.36. The Bertz CT molecular complexity index is 1370. The third-order valence-electron chi connectivity index (χ3n) is 6.26. The van der Waals surface area contributed by atoms with Crippen molar-refractivity contribution in [2.45, 2.75) is 0 Å². The van der Waals surface area contributed by atoms with E-state index < -0.39 is 10.8 Å². The van der Waals surface area contributed by atoms with Gasteiger partial charge in [-0.3, -0.25) is 25.0 Å². The van der Waals surface area contributed by atoms with Crippen molar-refractivity contribution in [3.8, 4) is 11.5 Å². The molecule has 0 saturated carbocycles. The van der Waals surface area contributed by atoms with Gasteiger partial charge < -0.3 is 24.6 Å². The number of nitro groups is 1. The van der Waals surface area contributed by atoms with Crippen LogP contribution in [0.1, 0.15) is 20.7 Å². The highest BCUT2D eigenvalue weighted by molar-refractivity contribution is 7.80. The van der Waals surface area contributed by atoms with E-state index in [1.165, 1.54) is 19.2 Å². The van der Waals surface area contributed by atoms with Gasteiger partial charge in [-0.1, -0.05) is 0 Å². The van der Waals surface area contributed by atoms with Crippen LogP contribution in [0.2, 0.25) is 0 Å². The first-order valence-corrected chi connectivity index (χ1v) is 12.4. The molecule has 1 aliphatic rings. The van der Waals surface area contributed by atoms with Gasteiger partial charge in [0.1, 0.15) is 5.75 Å². The molecule has 0 spiro atoms. The molecule has 0 aliphatic carbocycles. The summed E-state index contributed by atoms with van der Waals surface area (Å²) < 4.78 is 10.1. The molecule has 1 fully saturated rings. The summed E-state index contributed by atoms with van der Waals surface area (Å²) in [4.78, 5) is 40.0. The monoisotopic (exact) mass is 549 g/mol. The van der Waals surface area contributed by atoms with Gasteiger partial charge in [-0.2, -0.15) is 0 Å². The number of ether oxygens (including phenoxy) is 2. The highest BCUT2D eigenvalue weighted by Crippen LogP contribution is 2.27. The van der Waals surface area contributed by atoms with Crippen LogP contribution >= 0.6 is 12.2 Å². The van der Waals surface area contributed by atoms with Crippen LogP contribution in [0.15, 0.2) is 66.7 Å². The molecule has 3 aromatic carbocycles. The number of benzene rings is 3. The van der Waals surface area contributed by atoms with Gasteiger partial charge >= 0.3 is 5.69 Å². The minimum absolute atomic E-state index is 0.00310. The summed E-state index contributed by atoms with van der Waals surface area (Å²) in [6, 6.07) is 18.5. The third kappa shape index (κ3) is 6.60. The fourth-order valence-electron chi connectivity index (χ4n) is 4.15. The molecule has 0 unspecified atom stereocenters. The molecule has 11 nitrogen and oxygen atoms in total. The molecule has 3 aromatic rings.